The molecule has 0 saturated carbocycles. The topological polar surface area (TPSA) is 38.3 Å². The minimum absolute atomic E-state index is 0.129. The largest absolute Gasteiger partial charge is 0.377 e. The summed E-state index contributed by atoms with van der Waals surface area (Å²) in [5.41, 5.74) is 2.19. The summed E-state index contributed by atoms with van der Waals surface area (Å²) in [5.74, 6) is -0.129. The van der Waals surface area contributed by atoms with Crippen LogP contribution in [0.4, 0.5) is 0 Å². The summed E-state index contributed by atoms with van der Waals surface area (Å²) in [6.07, 6.45) is 8.76. The molecule has 0 heterocycles. The van der Waals surface area contributed by atoms with Gasteiger partial charge in [-0.3, -0.25) is 4.79 Å². The number of hydrogen-bond acceptors (Lipinski definition) is 2. The molecule has 0 aliphatic carbocycles. The molecule has 0 aromatic heterocycles. The zero-order chi connectivity index (χ0) is 16.9. The maximum Gasteiger partial charge on any atom is 0.247 e. The van der Waals surface area contributed by atoms with Crippen LogP contribution in [0.2, 0.25) is 0 Å². The van der Waals surface area contributed by atoms with Crippen molar-refractivity contribution in [3.8, 4) is 0 Å². The molecule has 1 amide bonds. The Morgan fingerprint density at radius 2 is 1.71 bits per heavy atom. The van der Waals surface area contributed by atoms with Gasteiger partial charge in [-0.05, 0) is 30.0 Å². The lowest BCUT2D eigenvalue weighted by Crippen LogP contribution is -2.13. The lowest BCUT2D eigenvalue weighted by Gasteiger charge is -2.02. The molecule has 24 heavy (non-hydrogen) atoms. The van der Waals surface area contributed by atoms with Crippen molar-refractivity contribution in [1.82, 2.24) is 5.32 Å². The molecule has 0 fully saturated rings. The van der Waals surface area contributed by atoms with Crippen molar-refractivity contribution in [2.75, 3.05) is 6.61 Å². The molecule has 3 heteroatoms. The third-order valence-corrected chi connectivity index (χ3v) is 3.34. The van der Waals surface area contributed by atoms with Crippen molar-refractivity contribution < 1.29 is 9.53 Å². The van der Waals surface area contributed by atoms with Crippen molar-refractivity contribution in [3.63, 3.8) is 0 Å². The van der Waals surface area contributed by atoms with Crippen LogP contribution in [0.3, 0.4) is 0 Å². The molecule has 2 aromatic rings. The van der Waals surface area contributed by atoms with Crippen molar-refractivity contribution in [3.05, 3.63) is 90.1 Å². The zero-order valence-corrected chi connectivity index (χ0v) is 13.7. The molecule has 0 aliphatic rings. The van der Waals surface area contributed by atoms with E-state index in [0.29, 0.717) is 13.2 Å². The Balaban J connectivity index is 1.53. The number of unbranched alkanes of at least 4 members (excludes halogenated alkanes) is 1. The van der Waals surface area contributed by atoms with Crippen LogP contribution in [-0.4, -0.2) is 12.5 Å². The van der Waals surface area contributed by atoms with Gasteiger partial charge in [-0.1, -0.05) is 66.7 Å². The second kappa shape index (κ2) is 11.0. The highest BCUT2D eigenvalue weighted by atomic mass is 16.5. The molecule has 0 unspecified atom stereocenters. The fourth-order valence-corrected chi connectivity index (χ4v) is 2.08. The summed E-state index contributed by atoms with van der Waals surface area (Å²) >= 11 is 0. The number of nitrogens with one attached hydrogen (secondary N) is 1. The summed E-state index contributed by atoms with van der Waals surface area (Å²) in [5, 5.41) is 2.72. The number of allylic oxidation sites excluding steroid dienone is 1. The third kappa shape index (κ3) is 7.56. The fraction of sp³-hybridized carbons (Fsp3) is 0.190. The molecule has 0 saturated heterocycles. The van der Waals surface area contributed by atoms with Gasteiger partial charge in [0.1, 0.15) is 0 Å². The monoisotopic (exact) mass is 321 g/mol. The molecule has 0 bridgehead atoms. The van der Waals surface area contributed by atoms with Crippen LogP contribution in [0.5, 0.6) is 0 Å². The summed E-state index contributed by atoms with van der Waals surface area (Å²) in [6.45, 7) is 1.35. The fourth-order valence-electron chi connectivity index (χ4n) is 2.08. The highest BCUT2D eigenvalue weighted by molar-refractivity contribution is 5.92. The first-order valence-electron chi connectivity index (χ1n) is 8.15. The molecular formula is C21H23NO2. The van der Waals surface area contributed by atoms with Gasteiger partial charge in [0, 0.05) is 18.9 Å². The van der Waals surface area contributed by atoms with Gasteiger partial charge in [0.25, 0.3) is 0 Å². The van der Waals surface area contributed by atoms with E-state index in [2.05, 4.69) is 17.4 Å². The van der Waals surface area contributed by atoms with Crippen LogP contribution < -0.4 is 5.32 Å². The molecule has 0 radical (unpaired) electrons. The summed E-state index contributed by atoms with van der Waals surface area (Å²) in [6, 6.07) is 19.9. The van der Waals surface area contributed by atoms with Gasteiger partial charge in [0.05, 0.1) is 6.61 Å². The van der Waals surface area contributed by atoms with Gasteiger partial charge in [-0.25, -0.2) is 0 Å². The number of amides is 1. The lowest BCUT2D eigenvalue weighted by molar-refractivity contribution is -0.115. The number of benzene rings is 2. The minimum Gasteiger partial charge on any atom is -0.377 e. The average molecular weight is 321 g/mol. The highest BCUT2D eigenvalue weighted by Gasteiger charge is 1.92. The quantitative estimate of drug-likeness (QED) is 0.551. The number of rotatable bonds is 9. The van der Waals surface area contributed by atoms with Crippen molar-refractivity contribution in [2.24, 2.45) is 0 Å². The Hall–Kier alpha value is -2.65. The average Bonchev–Trinajstić information content (AvgIpc) is 2.64. The molecule has 2 aromatic carbocycles. The summed E-state index contributed by atoms with van der Waals surface area (Å²) in [7, 11) is 0. The first-order chi connectivity index (χ1) is 11.8. The van der Waals surface area contributed by atoms with Crippen molar-refractivity contribution >= 4 is 12.0 Å². The Morgan fingerprint density at radius 1 is 1.00 bits per heavy atom. The molecule has 2 rings (SSSR count). The maximum atomic E-state index is 11.6. The van der Waals surface area contributed by atoms with Gasteiger partial charge in [-0.15, -0.1) is 0 Å². The molecule has 1 N–H and O–H groups in total. The number of carbonyl (C=O) groups is 1. The van der Waals surface area contributed by atoms with Crippen molar-refractivity contribution in [1.29, 1.82) is 0 Å². The molecule has 3 nitrogen and oxygen atoms in total. The smallest absolute Gasteiger partial charge is 0.247 e. The van der Waals surface area contributed by atoms with E-state index in [9.17, 15) is 4.79 Å². The minimum atomic E-state index is -0.129. The van der Waals surface area contributed by atoms with E-state index in [1.54, 1.807) is 12.3 Å². The predicted molar refractivity (Wildman–Crippen MR) is 98.1 cm³/mol. The number of carbonyl (C=O) groups excluding carboxylic acids is 1. The van der Waals surface area contributed by atoms with E-state index in [4.69, 9.17) is 4.74 Å². The first-order valence-corrected chi connectivity index (χ1v) is 8.15. The second-order valence-electron chi connectivity index (χ2n) is 5.34. The highest BCUT2D eigenvalue weighted by Crippen LogP contribution is 2.02. The Labute approximate surface area is 143 Å². The van der Waals surface area contributed by atoms with Gasteiger partial charge < -0.3 is 10.1 Å². The lowest BCUT2D eigenvalue weighted by atomic mass is 10.2. The number of ether oxygens (including phenoxy) is 1. The molecule has 0 atom stereocenters. The first kappa shape index (κ1) is 17.7. The Kier molecular flexibility index (Phi) is 8.09. The van der Waals surface area contributed by atoms with Crippen LogP contribution in [0.15, 0.2) is 79.0 Å². The van der Waals surface area contributed by atoms with E-state index in [1.165, 1.54) is 11.6 Å². The van der Waals surface area contributed by atoms with Gasteiger partial charge in [0.2, 0.25) is 5.91 Å². The number of hydrogen-bond donors (Lipinski definition) is 1. The molecule has 124 valence electrons. The van der Waals surface area contributed by atoms with E-state index in [1.807, 2.05) is 54.6 Å². The van der Waals surface area contributed by atoms with E-state index >= 15 is 0 Å². The van der Waals surface area contributed by atoms with E-state index in [0.717, 1.165) is 18.4 Å². The zero-order valence-electron chi connectivity index (χ0n) is 13.7. The Bertz CT molecular complexity index is 648. The molecule has 0 aliphatic heterocycles. The summed E-state index contributed by atoms with van der Waals surface area (Å²) < 4.78 is 5.60. The van der Waals surface area contributed by atoms with Crippen LogP contribution in [-0.2, 0) is 16.1 Å². The Morgan fingerprint density at radius 3 is 2.46 bits per heavy atom. The van der Waals surface area contributed by atoms with Crippen LogP contribution in [0, 0.1) is 0 Å². The van der Waals surface area contributed by atoms with Crippen LogP contribution in [0.1, 0.15) is 24.0 Å². The standard InChI is InChI=1S/C21H23NO2/c23-21(15-14-19-10-4-1-5-11-19)22-16-8-3-9-17-24-18-20-12-6-2-7-13-20/h1-2,4-8,10-16H,3,9,17-18H2,(H,22,23)/b15-14+,16-8+. The van der Waals surface area contributed by atoms with E-state index < -0.39 is 0 Å². The van der Waals surface area contributed by atoms with Crippen molar-refractivity contribution in [2.45, 2.75) is 19.4 Å². The molecule has 0 spiro atoms. The second-order valence-corrected chi connectivity index (χ2v) is 5.34. The van der Waals surface area contributed by atoms with Crippen LogP contribution >= 0.6 is 0 Å². The van der Waals surface area contributed by atoms with Crippen LogP contribution in [0.25, 0.3) is 6.08 Å². The van der Waals surface area contributed by atoms with Gasteiger partial charge in [-0.2, -0.15) is 0 Å². The van der Waals surface area contributed by atoms with Gasteiger partial charge >= 0.3 is 0 Å². The summed E-state index contributed by atoms with van der Waals surface area (Å²) in [4.78, 5) is 11.6. The SMILES string of the molecule is O=C(/C=C/c1ccccc1)N/C=C/CCCOCc1ccccc1. The maximum absolute atomic E-state index is 11.6. The normalized spacial score (nSPS) is 11.2. The molecular weight excluding hydrogens is 298 g/mol. The third-order valence-electron chi connectivity index (χ3n) is 3.34. The van der Waals surface area contributed by atoms with Gasteiger partial charge in [0.15, 0.2) is 0 Å². The predicted octanol–water partition coefficient (Wildman–Crippen LogP) is 4.33. The van der Waals surface area contributed by atoms with E-state index in [-0.39, 0.29) is 5.91 Å².